The minimum absolute atomic E-state index is 0.0473. The van der Waals surface area contributed by atoms with Gasteiger partial charge in [-0.25, -0.2) is 13.2 Å². The Hall–Kier alpha value is -4.50. The van der Waals surface area contributed by atoms with Crippen molar-refractivity contribution in [2.75, 3.05) is 5.32 Å². The third-order valence-electron chi connectivity index (χ3n) is 6.17. The van der Waals surface area contributed by atoms with Crippen molar-refractivity contribution in [1.82, 2.24) is 13.9 Å². The van der Waals surface area contributed by atoms with Crippen LogP contribution < -0.4 is 27.6 Å². The van der Waals surface area contributed by atoms with Crippen molar-refractivity contribution in [2.24, 2.45) is 5.73 Å². The van der Waals surface area contributed by atoms with E-state index < -0.39 is 58.1 Å². The monoisotopic (exact) mass is 647 g/mol. The molecule has 0 spiro atoms. The second kappa shape index (κ2) is 12.8. The highest BCUT2D eigenvalue weighted by molar-refractivity contribution is 7.90. The summed E-state index contributed by atoms with van der Waals surface area (Å²) in [7, 11) is -4.68. The molecule has 13 nitrogen and oxygen atoms in total. The lowest BCUT2D eigenvalue weighted by molar-refractivity contribution is -0.140. The number of hydrogen-bond acceptors (Lipinski definition) is 8. The molecule has 4 rings (SSSR count). The number of carbonyl (C=O) groups excluding carboxylic acids is 2. The van der Waals surface area contributed by atoms with Gasteiger partial charge in [0.25, 0.3) is 15.6 Å². The van der Waals surface area contributed by atoms with Crippen LogP contribution >= 0.6 is 23.2 Å². The van der Waals surface area contributed by atoms with Crippen molar-refractivity contribution < 1.29 is 27.9 Å². The second-order valence-electron chi connectivity index (χ2n) is 9.23. The number of nitrogens with two attached hydrogens (primary N) is 1. The Morgan fingerprint density at radius 1 is 0.907 bits per heavy atom. The van der Waals surface area contributed by atoms with Crippen LogP contribution in [0.25, 0.3) is 10.9 Å². The number of amides is 2. The highest BCUT2D eigenvalue weighted by Gasteiger charge is 2.26. The van der Waals surface area contributed by atoms with Gasteiger partial charge in [0.15, 0.2) is 0 Å². The fraction of sp³-hybridized carbons (Fsp3) is 0.148. The van der Waals surface area contributed by atoms with Crippen molar-refractivity contribution in [3.05, 3.63) is 103 Å². The van der Waals surface area contributed by atoms with E-state index in [0.29, 0.717) is 11.3 Å². The first-order chi connectivity index (χ1) is 20.3. The van der Waals surface area contributed by atoms with Gasteiger partial charge < -0.3 is 21.5 Å². The molecule has 43 heavy (non-hydrogen) atoms. The number of benzene rings is 3. The smallest absolute Gasteiger partial charge is 0.346 e. The van der Waals surface area contributed by atoms with Crippen molar-refractivity contribution in [3.8, 4) is 0 Å². The lowest BCUT2D eigenvalue weighted by atomic mass is 10.2. The van der Waals surface area contributed by atoms with Gasteiger partial charge in [0.05, 0.1) is 22.2 Å². The number of rotatable bonds is 10. The van der Waals surface area contributed by atoms with Crippen LogP contribution in [0.4, 0.5) is 5.69 Å². The molecule has 1 aromatic heterocycles. The standard InChI is InChI=1S/C27H23Cl2N5O8S/c28-16-3-8-19(9-4-16)43(41,42)34-25(37)20-10-5-17(29)11-22(20)33(27(34)40)14-24(36)32-18-6-1-15(2-7-18)13-31-23(35)12-21(30)26(38)39/h1-11,21H,12-14,30H2,(H,31,35)(H,32,36)(H,38,39)/t21-/m0/s1. The summed E-state index contributed by atoms with van der Waals surface area (Å²) in [6, 6.07) is 13.7. The number of aliphatic carboxylic acids is 1. The van der Waals surface area contributed by atoms with Gasteiger partial charge in [-0.2, -0.15) is 0 Å². The number of carboxylic acid groups (broad SMARTS) is 1. The summed E-state index contributed by atoms with van der Waals surface area (Å²) in [5, 5.41) is 14.1. The molecule has 2 amide bonds. The van der Waals surface area contributed by atoms with Gasteiger partial charge in [-0.1, -0.05) is 35.3 Å². The number of nitrogens with zero attached hydrogens (tertiary/aromatic N) is 2. The molecule has 0 fully saturated rings. The fourth-order valence-electron chi connectivity index (χ4n) is 4.00. The molecular formula is C27H23Cl2N5O8S. The quantitative estimate of drug-likeness (QED) is 0.198. The summed E-state index contributed by atoms with van der Waals surface area (Å²) >= 11 is 11.9. The Balaban J connectivity index is 1.59. The Morgan fingerprint density at radius 2 is 1.53 bits per heavy atom. The number of carboxylic acids is 1. The van der Waals surface area contributed by atoms with Crippen LogP contribution in [-0.4, -0.2) is 45.9 Å². The van der Waals surface area contributed by atoms with Gasteiger partial charge in [0.2, 0.25) is 11.8 Å². The summed E-state index contributed by atoms with van der Waals surface area (Å²) in [4.78, 5) is 62.0. The summed E-state index contributed by atoms with van der Waals surface area (Å²) in [5.41, 5.74) is 3.84. The van der Waals surface area contributed by atoms with E-state index in [1.165, 1.54) is 42.5 Å². The Kier molecular flexibility index (Phi) is 9.35. The van der Waals surface area contributed by atoms with Gasteiger partial charge >= 0.3 is 11.7 Å². The van der Waals surface area contributed by atoms with E-state index in [1.807, 2.05) is 0 Å². The second-order valence-corrected chi connectivity index (χ2v) is 11.9. The zero-order valence-corrected chi connectivity index (χ0v) is 24.3. The normalized spacial score (nSPS) is 12.1. The van der Waals surface area contributed by atoms with Crippen molar-refractivity contribution in [2.45, 2.75) is 30.4 Å². The van der Waals surface area contributed by atoms with Crippen molar-refractivity contribution in [3.63, 3.8) is 0 Å². The number of fused-ring (bicyclic) bond motifs is 1. The summed E-state index contributed by atoms with van der Waals surface area (Å²) in [5.74, 6) is -2.57. The van der Waals surface area contributed by atoms with Crippen LogP contribution in [0, 0.1) is 0 Å². The average molecular weight is 648 g/mol. The summed E-state index contributed by atoms with van der Waals surface area (Å²) in [6.45, 7) is -0.598. The molecule has 1 atom stereocenters. The number of hydrogen-bond donors (Lipinski definition) is 4. The van der Waals surface area contributed by atoms with E-state index in [9.17, 15) is 32.4 Å². The first kappa shape index (κ1) is 31.4. The Morgan fingerprint density at radius 3 is 2.16 bits per heavy atom. The van der Waals surface area contributed by atoms with E-state index in [0.717, 1.165) is 16.7 Å². The fourth-order valence-corrected chi connectivity index (χ4v) is 5.61. The molecule has 0 unspecified atom stereocenters. The van der Waals surface area contributed by atoms with Gasteiger partial charge in [-0.15, -0.1) is 3.97 Å². The number of nitrogens with one attached hydrogen (secondary N) is 2. The highest BCUT2D eigenvalue weighted by Crippen LogP contribution is 2.19. The molecule has 5 N–H and O–H groups in total. The molecule has 4 aromatic rings. The van der Waals surface area contributed by atoms with E-state index in [2.05, 4.69) is 10.6 Å². The average Bonchev–Trinajstić information content (AvgIpc) is 2.95. The first-order valence-corrected chi connectivity index (χ1v) is 14.6. The maximum atomic E-state index is 13.5. The van der Waals surface area contributed by atoms with Gasteiger partial charge in [-0.05, 0) is 60.2 Å². The van der Waals surface area contributed by atoms with Crippen LogP contribution in [0.2, 0.25) is 10.0 Å². The molecule has 0 bridgehead atoms. The Labute approximate surface area is 253 Å². The largest absolute Gasteiger partial charge is 0.480 e. The molecule has 224 valence electrons. The van der Waals surface area contributed by atoms with E-state index in [1.54, 1.807) is 12.1 Å². The molecule has 0 radical (unpaired) electrons. The molecule has 0 aliphatic carbocycles. The SMILES string of the molecule is N[C@@H](CC(=O)NCc1ccc(NC(=O)Cn2c(=O)n(S(=O)(=O)c3ccc(Cl)cc3)c(=O)c3ccc(Cl)cc32)cc1)C(=O)O. The third-order valence-corrected chi connectivity index (χ3v) is 8.33. The van der Waals surface area contributed by atoms with Crippen LogP contribution in [0.3, 0.4) is 0 Å². The molecular weight excluding hydrogens is 625 g/mol. The van der Waals surface area contributed by atoms with Crippen LogP contribution in [0.5, 0.6) is 0 Å². The molecule has 16 heteroatoms. The van der Waals surface area contributed by atoms with Crippen LogP contribution in [0.15, 0.2) is 81.2 Å². The van der Waals surface area contributed by atoms with Gasteiger partial charge in [0, 0.05) is 22.3 Å². The lowest BCUT2D eigenvalue weighted by Gasteiger charge is -2.15. The van der Waals surface area contributed by atoms with E-state index >= 15 is 0 Å². The molecule has 0 saturated carbocycles. The number of anilines is 1. The summed E-state index contributed by atoms with van der Waals surface area (Å²) in [6.07, 6.45) is -0.392. The minimum atomic E-state index is -4.68. The number of aromatic nitrogens is 2. The van der Waals surface area contributed by atoms with E-state index in [-0.39, 0.29) is 36.4 Å². The predicted octanol–water partition coefficient (Wildman–Crippen LogP) is 1.76. The maximum absolute atomic E-state index is 13.5. The van der Waals surface area contributed by atoms with Gasteiger partial charge in [-0.3, -0.25) is 23.7 Å². The summed E-state index contributed by atoms with van der Waals surface area (Å²) < 4.78 is 27.6. The third kappa shape index (κ3) is 7.11. The molecule has 1 heterocycles. The molecule has 0 aliphatic rings. The molecule has 3 aromatic carbocycles. The zero-order chi connectivity index (χ0) is 31.5. The van der Waals surface area contributed by atoms with Crippen molar-refractivity contribution in [1.29, 1.82) is 0 Å². The predicted molar refractivity (Wildman–Crippen MR) is 159 cm³/mol. The van der Waals surface area contributed by atoms with Gasteiger partial charge in [0.1, 0.15) is 12.6 Å². The number of carbonyl (C=O) groups is 3. The first-order valence-electron chi connectivity index (χ1n) is 12.4. The topological polar surface area (TPSA) is 200 Å². The number of halogens is 2. The molecule has 0 saturated heterocycles. The molecule has 0 aliphatic heterocycles. The van der Waals surface area contributed by atoms with Crippen molar-refractivity contribution >= 4 is 67.6 Å². The maximum Gasteiger partial charge on any atom is 0.346 e. The van der Waals surface area contributed by atoms with Crippen LogP contribution in [-0.2, 0) is 37.5 Å². The van der Waals surface area contributed by atoms with Crippen LogP contribution in [0.1, 0.15) is 12.0 Å². The zero-order valence-electron chi connectivity index (χ0n) is 22.0. The lowest BCUT2D eigenvalue weighted by Crippen LogP contribution is -2.45. The Bertz CT molecular complexity index is 1960. The van der Waals surface area contributed by atoms with E-state index in [4.69, 9.17) is 34.0 Å². The minimum Gasteiger partial charge on any atom is -0.480 e. The highest BCUT2D eigenvalue weighted by atomic mass is 35.5.